The lowest BCUT2D eigenvalue weighted by atomic mass is 9.84. The molecule has 14 aromatic rings. The first-order valence-corrected chi connectivity index (χ1v) is 16.6. The first kappa shape index (κ1) is 23.9. The van der Waals surface area contributed by atoms with E-state index in [1.165, 1.54) is 118 Å². The Balaban J connectivity index is 0.000000107. The van der Waals surface area contributed by atoms with E-state index in [2.05, 4.69) is 121 Å². The molecular weight excluding hydrogens is 581 g/mol. The van der Waals surface area contributed by atoms with Crippen LogP contribution in [0.25, 0.3) is 130 Å². The Hall–Kier alpha value is -6.38. The van der Waals surface area contributed by atoms with Crippen molar-refractivity contribution >= 4 is 130 Å². The molecule has 216 valence electrons. The Labute approximate surface area is 272 Å². The third kappa shape index (κ3) is 2.64. The second kappa shape index (κ2) is 7.94. The fraction of sp³-hybridized carbons (Fsp3) is 0. The monoisotopic (exact) mass is 602 g/mol. The van der Waals surface area contributed by atoms with Gasteiger partial charge in [-0.2, -0.15) is 0 Å². The van der Waals surface area contributed by atoms with E-state index in [0.29, 0.717) is 0 Å². The van der Waals surface area contributed by atoms with Crippen LogP contribution in [0.1, 0.15) is 0 Å². The van der Waals surface area contributed by atoms with Crippen molar-refractivity contribution in [3.63, 3.8) is 0 Å². The number of hydrogen-bond donors (Lipinski definition) is 0. The lowest BCUT2D eigenvalue weighted by Crippen LogP contribution is -1.93. The van der Waals surface area contributed by atoms with E-state index < -0.39 is 0 Å². The molecule has 48 heavy (non-hydrogen) atoms. The Morgan fingerprint density at radius 2 is 0.375 bits per heavy atom. The van der Waals surface area contributed by atoms with Crippen molar-refractivity contribution in [2.45, 2.75) is 0 Å². The van der Waals surface area contributed by atoms with Crippen LogP contribution >= 0.6 is 0 Å². The minimum atomic E-state index is 1.10. The van der Waals surface area contributed by atoms with Gasteiger partial charge in [0, 0.05) is 55.5 Å². The van der Waals surface area contributed by atoms with Gasteiger partial charge in [0.25, 0.3) is 0 Å². The molecule has 0 amide bonds. The predicted octanol–water partition coefficient (Wildman–Crippen LogP) is 12.6. The standard InChI is InChI=1S/2C23H11N/c2*1-3-13-5-6-15-9-10-17-23-21(15)19(13)18-12(1)2-4-14-7-8-16(11-24-17)22(23)20(14)18/h2*1-11H. The summed E-state index contributed by atoms with van der Waals surface area (Å²) in [4.78, 5) is 9.48. The van der Waals surface area contributed by atoms with E-state index in [1.807, 2.05) is 12.4 Å². The van der Waals surface area contributed by atoms with Crippen molar-refractivity contribution in [1.82, 2.24) is 9.97 Å². The number of hydrogen-bond acceptors (Lipinski definition) is 2. The summed E-state index contributed by atoms with van der Waals surface area (Å²) in [6, 6.07) is 44.7. The molecule has 0 saturated heterocycles. The van der Waals surface area contributed by atoms with Crippen LogP contribution in [0.3, 0.4) is 0 Å². The topological polar surface area (TPSA) is 25.8 Å². The second-order valence-electron chi connectivity index (χ2n) is 13.7. The molecule has 0 atom stereocenters. The van der Waals surface area contributed by atoms with Gasteiger partial charge in [-0.15, -0.1) is 0 Å². The summed E-state index contributed by atoms with van der Waals surface area (Å²) in [5.74, 6) is 0. The van der Waals surface area contributed by atoms with Gasteiger partial charge in [-0.25, -0.2) is 0 Å². The molecule has 2 heterocycles. The summed E-state index contributed by atoms with van der Waals surface area (Å²) in [7, 11) is 0. The zero-order chi connectivity index (χ0) is 30.8. The SMILES string of the molecule is c1cc2ccc3ccc4ncc5ccc6ccc1c1c2c3c4c5c61.c1cc2ccc3ccc4ncc5ccc6ccc1c1c2c3c4c5c61. The highest BCUT2D eigenvalue weighted by atomic mass is 14.7. The smallest absolute Gasteiger partial charge is 0.0715 e. The van der Waals surface area contributed by atoms with Gasteiger partial charge in [-0.1, -0.05) is 109 Å². The average Bonchev–Trinajstić information content (AvgIpc) is 3.15. The molecule has 0 spiro atoms. The fourth-order valence-electron chi connectivity index (χ4n) is 9.49. The van der Waals surface area contributed by atoms with Crippen LogP contribution in [0.5, 0.6) is 0 Å². The maximum absolute atomic E-state index is 4.74. The molecule has 0 saturated carbocycles. The summed E-state index contributed by atoms with van der Waals surface area (Å²) in [6.45, 7) is 0. The summed E-state index contributed by atoms with van der Waals surface area (Å²) in [5.41, 5.74) is 2.20. The molecular formula is C46H22N2. The van der Waals surface area contributed by atoms with Gasteiger partial charge >= 0.3 is 0 Å². The number of nitrogens with zero attached hydrogens (tertiary/aromatic N) is 2. The molecule has 0 aliphatic rings. The maximum atomic E-state index is 4.74. The highest BCUT2D eigenvalue weighted by Crippen LogP contribution is 2.49. The van der Waals surface area contributed by atoms with Crippen LogP contribution in [0.4, 0.5) is 0 Å². The Kier molecular flexibility index (Phi) is 3.95. The molecule has 0 fully saturated rings. The molecule has 2 aromatic heterocycles. The van der Waals surface area contributed by atoms with Crippen LogP contribution in [0.2, 0.25) is 0 Å². The first-order valence-electron chi connectivity index (χ1n) is 16.6. The lowest BCUT2D eigenvalue weighted by molar-refractivity contribution is 1.45. The van der Waals surface area contributed by atoms with Crippen molar-refractivity contribution in [3.8, 4) is 0 Å². The van der Waals surface area contributed by atoms with E-state index in [0.717, 1.165) is 11.0 Å². The lowest BCUT2D eigenvalue weighted by Gasteiger charge is -2.19. The quantitative estimate of drug-likeness (QED) is 0.127. The third-order valence-electron chi connectivity index (χ3n) is 11.5. The van der Waals surface area contributed by atoms with Gasteiger partial charge in [0.05, 0.1) is 11.0 Å². The predicted molar refractivity (Wildman–Crippen MR) is 206 cm³/mol. The van der Waals surface area contributed by atoms with E-state index in [-0.39, 0.29) is 0 Å². The molecule has 0 N–H and O–H groups in total. The molecule has 14 rings (SSSR count). The number of rotatable bonds is 0. The third-order valence-corrected chi connectivity index (χ3v) is 11.5. The Morgan fingerprint density at radius 1 is 0.188 bits per heavy atom. The number of aromatic nitrogens is 2. The summed E-state index contributed by atoms with van der Waals surface area (Å²) >= 11 is 0. The molecule has 0 unspecified atom stereocenters. The highest BCUT2D eigenvalue weighted by Gasteiger charge is 2.21. The minimum Gasteiger partial charge on any atom is -0.256 e. The zero-order valence-corrected chi connectivity index (χ0v) is 25.6. The normalized spacial score (nSPS) is 13.0. The molecule has 2 nitrogen and oxygen atoms in total. The van der Waals surface area contributed by atoms with Gasteiger partial charge in [-0.3, -0.25) is 9.97 Å². The summed E-state index contributed by atoms with van der Waals surface area (Å²) < 4.78 is 0. The first-order chi connectivity index (χ1) is 23.8. The van der Waals surface area contributed by atoms with Crippen LogP contribution < -0.4 is 0 Å². The molecule has 0 aliphatic heterocycles. The highest BCUT2D eigenvalue weighted by molar-refractivity contribution is 6.45. The maximum Gasteiger partial charge on any atom is 0.0715 e. The van der Waals surface area contributed by atoms with Gasteiger partial charge < -0.3 is 0 Å². The van der Waals surface area contributed by atoms with Crippen molar-refractivity contribution < 1.29 is 0 Å². The molecule has 0 radical (unpaired) electrons. The second-order valence-corrected chi connectivity index (χ2v) is 13.7. The zero-order valence-electron chi connectivity index (χ0n) is 25.6. The summed E-state index contributed by atoms with van der Waals surface area (Å²) in [6.07, 6.45) is 4.05. The largest absolute Gasteiger partial charge is 0.256 e. The van der Waals surface area contributed by atoms with E-state index in [9.17, 15) is 0 Å². The van der Waals surface area contributed by atoms with Crippen LogP contribution in [-0.4, -0.2) is 9.97 Å². The number of pyridine rings is 2. The van der Waals surface area contributed by atoms with E-state index in [4.69, 9.17) is 9.97 Å². The van der Waals surface area contributed by atoms with Crippen molar-refractivity contribution in [2.75, 3.05) is 0 Å². The van der Waals surface area contributed by atoms with Crippen molar-refractivity contribution in [1.29, 1.82) is 0 Å². The van der Waals surface area contributed by atoms with Gasteiger partial charge in [0.15, 0.2) is 0 Å². The van der Waals surface area contributed by atoms with Gasteiger partial charge in [-0.05, 0) is 87.5 Å². The Morgan fingerprint density at radius 3 is 0.646 bits per heavy atom. The fourth-order valence-corrected chi connectivity index (χ4v) is 9.49. The van der Waals surface area contributed by atoms with Gasteiger partial charge in [0.2, 0.25) is 0 Å². The average molecular weight is 603 g/mol. The molecule has 12 aromatic carbocycles. The van der Waals surface area contributed by atoms with E-state index >= 15 is 0 Å². The van der Waals surface area contributed by atoms with Crippen LogP contribution in [0, 0.1) is 0 Å². The van der Waals surface area contributed by atoms with Crippen LogP contribution in [0.15, 0.2) is 134 Å². The van der Waals surface area contributed by atoms with Crippen LogP contribution in [-0.2, 0) is 0 Å². The Bertz CT molecular complexity index is 2530. The molecule has 0 bridgehead atoms. The van der Waals surface area contributed by atoms with E-state index in [1.54, 1.807) is 0 Å². The molecule has 0 aliphatic carbocycles. The van der Waals surface area contributed by atoms with Gasteiger partial charge in [0.1, 0.15) is 0 Å². The summed E-state index contributed by atoms with van der Waals surface area (Å²) in [5, 5.41) is 29.6. The van der Waals surface area contributed by atoms with Crippen molar-refractivity contribution in [3.05, 3.63) is 134 Å². The minimum absolute atomic E-state index is 1.10. The molecule has 2 heteroatoms. The van der Waals surface area contributed by atoms with Crippen molar-refractivity contribution in [2.24, 2.45) is 0 Å². The number of benzene rings is 12.